The van der Waals surface area contributed by atoms with Gasteiger partial charge in [-0.1, -0.05) is 13.0 Å². The van der Waals surface area contributed by atoms with E-state index < -0.39 is 17.2 Å². The van der Waals surface area contributed by atoms with Crippen molar-refractivity contribution in [3.8, 4) is 0 Å². The fourth-order valence-electron chi connectivity index (χ4n) is 2.52. The van der Waals surface area contributed by atoms with Crippen LogP contribution in [0.25, 0.3) is 0 Å². The molecule has 1 aliphatic carbocycles. The molecule has 0 atom stereocenters. The van der Waals surface area contributed by atoms with Gasteiger partial charge in [0.1, 0.15) is 5.60 Å². The van der Waals surface area contributed by atoms with Gasteiger partial charge in [0.25, 0.3) is 0 Å². The van der Waals surface area contributed by atoms with Crippen LogP contribution in [0.1, 0.15) is 38.2 Å². The second-order valence-electron chi connectivity index (χ2n) is 5.56. The largest absolute Gasteiger partial charge is 0.382 e. The summed E-state index contributed by atoms with van der Waals surface area (Å²) in [5.41, 5.74) is -0.895. The Labute approximate surface area is 111 Å². The molecule has 104 valence electrons. The first-order chi connectivity index (χ1) is 8.90. The summed E-state index contributed by atoms with van der Waals surface area (Å²) < 4.78 is 25.9. The van der Waals surface area contributed by atoms with Gasteiger partial charge in [-0.3, -0.25) is 4.79 Å². The first-order valence-electron chi connectivity index (χ1n) is 6.60. The zero-order chi connectivity index (χ0) is 14.0. The Hall–Kier alpha value is -1.29. The Morgan fingerprint density at radius 3 is 2.53 bits per heavy atom. The van der Waals surface area contributed by atoms with Crippen molar-refractivity contribution < 1.29 is 18.7 Å². The number of carbonyl (C=O) groups is 1. The van der Waals surface area contributed by atoms with Crippen LogP contribution in [0.4, 0.5) is 8.78 Å². The van der Waals surface area contributed by atoms with Crippen molar-refractivity contribution in [1.29, 1.82) is 0 Å². The molecule has 1 aliphatic rings. The van der Waals surface area contributed by atoms with Crippen LogP contribution in [0.2, 0.25) is 0 Å². The second kappa shape index (κ2) is 5.37. The fraction of sp³-hybridized carbons (Fsp3) is 0.533. The van der Waals surface area contributed by atoms with Crippen LogP contribution in [0.15, 0.2) is 18.2 Å². The lowest BCUT2D eigenvalue weighted by Gasteiger charge is -2.33. The summed E-state index contributed by atoms with van der Waals surface area (Å²) in [7, 11) is 0. The average molecular weight is 268 g/mol. The standard InChI is InChI=1S/C15H18F2O2/c1-10-4-6-15(19,7-5-10)14(18)9-11-2-3-12(16)13(17)8-11/h2-3,8,10,19H,4-7,9H2,1H3. The molecule has 0 saturated heterocycles. The van der Waals surface area contributed by atoms with Crippen LogP contribution in [-0.2, 0) is 11.2 Å². The quantitative estimate of drug-likeness (QED) is 0.915. The normalized spacial score (nSPS) is 27.3. The number of Topliss-reactive ketones (excluding diaryl/α,β-unsaturated/α-hetero) is 1. The predicted molar refractivity (Wildman–Crippen MR) is 67.7 cm³/mol. The molecule has 0 amide bonds. The third-order valence-electron chi connectivity index (χ3n) is 3.97. The predicted octanol–water partition coefficient (Wildman–Crippen LogP) is 3.02. The van der Waals surface area contributed by atoms with Crippen LogP contribution in [0, 0.1) is 17.6 Å². The number of ketones is 1. The van der Waals surface area contributed by atoms with E-state index in [9.17, 15) is 18.7 Å². The van der Waals surface area contributed by atoms with Crippen LogP contribution < -0.4 is 0 Å². The lowest BCUT2D eigenvalue weighted by Crippen LogP contribution is -2.42. The van der Waals surface area contributed by atoms with E-state index in [1.54, 1.807) is 0 Å². The minimum atomic E-state index is -1.29. The summed E-state index contributed by atoms with van der Waals surface area (Å²) in [5, 5.41) is 10.3. The fourth-order valence-corrected chi connectivity index (χ4v) is 2.52. The van der Waals surface area contributed by atoms with Gasteiger partial charge in [-0.05, 0) is 49.3 Å². The van der Waals surface area contributed by atoms with Crippen molar-refractivity contribution in [2.45, 2.75) is 44.6 Å². The van der Waals surface area contributed by atoms with Crippen molar-refractivity contribution in [3.05, 3.63) is 35.4 Å². The van der Waals surface area contributed by atoms with Crippen LogP contribution in [0.5, 0.6) is 0 Å². The Balaban J connectivity index is 2.06. The van der Waals surface area contributed by atoms with Gasteiger partial charge in [-0.15, -0.1) is 0 Å². The van der Waals surface area contributed by atoms with E-state index in [0.29, 0.717) is 24.3 Å². The van der Waals surface area contributed by atoms with Gasteiger partial charge in [0, 0.05) is 6.42 Å². The van der Waals surface area contributed by atoms with E-state index in [1.807, 2.05) is 0 Å². The highest BCUT2D eigenvalue weighted by Crippen LogP contribution is 2.33. The highest BCUT2D eigenvalue weighted by molar-refractivity contribution is 5.89. The van der Waals surface area contributed by atoms with E-state index in [2.05, 4.69) is 6.92 Å². The van der Waals surface area contributed by atoms with E-state index in [0.717, 1.165) is 25.0 Å². The maximum absolute atomic E-state index is 13.1. The van der Waals surface area contributed by atoms with E-state index in [1.165, 1.54) is 6.07 Å². The molecule has 0 heterocycles. The van der Waals surface area contributed by atoms with Gasteiger partial charge < -0.3 is 5.11 Å². The maximum Gasteiger partial charge on any atom is 0.168 e. The summed E-state index contributed by atoms with van der Waals surface area (Å²) in [4.78, 5) is 12.1. The molecule has 1 fully saturated rings. The summed E-state index contributed by atoms with van der Waals surface area (Å²) in [5.74, 6) is -1.67. The molecule has 1 N–H and O–H groups in total. The van der Waals surface area contributed by atoms with Gasteiger partial charge in [0.2, 0.25) is 0 Å². The minimum absolute atomic E-state index is 0.0535. The third kappa shape index (κ3) is 3.18. The van der Waals surface area contributed by atoms with Crippen molar-refractivity contribution in [2.24, 2.45) is 5.92 Å². The Morgan fingerprint density at radius 2 is 1.95 bits per heavy atom. The van der Waals surface area contributed by atoms with Gasteiger partial charge in [-0.2, -0.15) is 0 Å². The average Bonchev–Trinajstić information content (AvgIpc) is 2.37. The maximum atomic E-state index is 13.1. The Kier molecular flexibility index (Phi) is 3.99. The summed E-state index contributed by atoms with van der Waals surface area (Å²) in [6.45, 7) is 2.10. The number of halogens is 2. The van der Waals surface area contributed by atoms with Crippen molar-refractivity contribution >= 4 is 5.78 Å². The van der Waals surface area contributed by atoms with Gasteiger partial charge in [-0.25, -0.2) is 8.78 Å². The molecule has 2 rings (SSSR count). The molecule has 2 nitrogen and oxygen atoms in total. The molecular weight excluding hydrogens is 250 g/mol. The molecule has 1 saturated carbocycles. The second-order valence-corrected chi connectivity index (χ2v) is 5.56. The summed E-state index contributed by atoms with van der Waals surface area (Å²) >= 11 is 0. The molecule has 0 radical (unpaired) electrons. The molecule has 0 spiro atoms. The molecular formula is C15H18F2O2. The monoisotopic (exact) mass is 268 g/mol. The van der Waals surface area contributed by atoms with Gasteiger partial charge >= 0.3 is 0 Å². The van der Waals surface area contributed by atoms with Gasteiger partial charge in [0.05, 0.1) is 0 Å². The highest BCUT2D eigenvalue weighted by atomic mass is 19.2. The third-order valence-corrected chi connectivity index (χ3v) is 3.97. The van der Waals surface area contributed by atoms with Gasteiger partial charge in [0.15, 0.2) is 17.4 Å². The van der Waals surface area contributed by atoms with Crippen molar-refractivity contribution in [3.63, 3.8) is 0 Å². The summed E-state index contributed by atoms with van der Waals surface area (Å²) in [6.07, 6.45) is 2.50. The van der Waals surface area contributed by atoms with E-state index in [-0.39, 0.29) is 12.2 Å². The molecule has 19 heavy (non-hydrogen) atoms. The smallest absolute Gasteiger partial charge is 0.168 e. The highest BCUT2D eigenvalue weighted by Gasteiger charge is 2.38. The van der Waals surface area contributed by atoms with Crippen LogP contribution in [0.3, 0.4) is 0 Å². The van der Waals surface area contributed by atoms with E-state index >= 15 is 0 Å². The Morgan fingerprint density at radius 1 is 1.32 bits per heavy atom. The van der Waals surface area contributed by atoms with Crippen LogP contribution >= 0.6 is 0 Å². The molecule has 0 aliphatic heterocycles. The lowest BCUT2D eigenvalue weighted by atomic mass is 9.76. The number of rotatable bonds is 3. The zero-order valence-corrected chi connectivity index (χ0v) is 11.0. The lowest BCUT2D eigenvalue weighted by molar-refractivity contribution is -0.140. The summed E-state index contributed by atoms with van der Waals surface area (Å²) in [6, 6.07) is 3.40. The van der Waals surface area contributed by atoms with E-state index in [4.69, 9.17) is 0 Å². The number of hydrogen-bond acceptors (Lipinski definition) is 2. The number of aliphatic hydroxyl groups is 1. The number of carbonyl (C=O) groups excluding carboxylic acids is 1. The molecule has 1 aromatic rings. The topological polar surface area (TPSA) is 37.3 Å². The molecule has 0 bridgehead atoms. The number of benzene rings is 1. The molecule has 4 heteroatoms. The van der Waals surface area contributed by atoms with Crippen LogP contribution in [-0.4, -0.2) is 16.5 Å². The molecule has 0 unspecified atom stereocenters. The molecule has 0 aromatic heterocycles. The number of hydrogen-bond donors (Lipinski definition) is 1. The zero-order valence-electron chi connectivity index (χ0n) is 11.0. The van der Waals surface area contributed by atoms with Crippen molar-refractivity contribution in [1.82, 2.24) is 0 Å². The SMILES string of the molecule is CC1CCC(O)(C(=O)Cc2ccc(F)c(F)c2)CC1. The Bertz CT molecular complexity index is 477. The van der Waals surface area contributed by atoms with Crippen molar-refractivity contribution in [2.75, 3.05) is 0 Å². The molecule has 1 aromatic carbocycles. The first-order valence-corrected chi connectivity index (χ1v) is 6.60. The minimum Gasteiger partial charge on any atom is -0.382 e. The first kappa shape index (κ1) is 14.1.